The van der Waals surface area contributed by atoms with Gasteiger partial charge in [-0.05, 0) is 64.2 Å². The zero-order valence-electron chi connectivity index (χ0n) is 11.9. The van der Waals surface area contributed by atoms with Gasteiger partial charge < -0.3 is 9.94 Å². The fourth-order valence-electron chi connectivity index (χ4n) is 3.43. The molecule has 0 aliphatic heterocycles. The maximum atomic E-state index is 11.6. The van der Waals surface area contributed by atoms with Gasteiger partial charge in [-0.1, -0.05) is 0 Å². The molecule has 5 atom stereocenters. The molecule has 0 radical (unpaired) electrons. The Bertz CT molecular complexity index is 259. The number of methoxy groups -OCH3 is 1. The minimum Gasteiger partial charge on any atom is -0.600 e. The summed E-state index contributed by atoms with van der Waals surface area (Å²) in [5, 5.41) is 11.6. The van der Waals surface area contributed by atoms with E-state index in [1.807, 2.05) is 21.0 Å². The van der Waals surface area contributed by atoms with Crippen LogP contribution in [0.3, 0.4) is 0 Å². The fourth-order valence-corrected chi connectivity index (χ4v) is 3.43. The number of hydrogen-bond donors (Lipinski definition) is 1. The monoisotopic (exact) mass is 257 g/mol. The standard InChI is InChI=1S/C14H27NO3/c1-10(2)15(16)18-14-7-5-11-4-6-13(17-3)8-12(11)9-14/h10-15H,4-9H2,1-3H3. The molecule has 1 N–H and O–H groups in total. The van der Waals surface area contributed by atoms with Crippen LogP contribution in [0.2, 0.25) is 0 Å². The molecule has 0 aromatic heterocycles. The third-order valence-electron chi connectivity index (χ3n) is 4.60. The largest absolute Gasteiger partial charge is 0.600 e. The van der Waals surface area contributed by atoms with Crippen LogP contribution < -0.4 is 5.23 Å². The average Bonchev–Trinajstić information content (AvgIpc) is 2.37. The van der Waals surface area contributed by atoms with Crippen molar-refractivity contribution in [2.45, 2.75) is 70.6 Å². The van der Waals surface area contributed by atoms with Crippen LogP contribution in [0.1, 0.15) is 52.4 Å². The molecular formula is C14H27NO3. The van der Waals surface area contributed by atoms with Crippen molar-refractivity contribution in [1.29, 1.82) is 0 Å². The van der Waals surface area contributed by atoms with Crippen LogP contribution in [0.25, 0.3) is 0 Å². The maximum absolute atomic E-state index is 11.6. The first kappa shape index (κ1) is 14.3. The Morgan fingerprint density at radius 3 is 2.22 bits per heavy atom. The molecule has 4 nitrogen and oxygen atoms in total. The van der Waals surface area contributed by atoms with Crippen molar-refractivity contribution in [2.24, 2.45) is 11.8 Å². The Morgan fingerprint density at radius 1 is 1.00 bits per heavy atom. The van der Waals surface area contributed by atoms with E-state index in [0.29, 0.717) is 12.0 Å². The van der Waals surface area contributed by atoms with Crippen molar-refractivity contribution in [3.05, 3.63) is 5.21 Å². The van der Waals surface area contributed by atoms with Crippen LogP contribution in [-0.2, 0) is 9.57 Å². The summed E-state index contributed by atoms with van der Waals surface area (Å²) in [7, 11) is 1.81. The van der Waals surface area contributed by atoms with Gasteiger partial charge in [0, 0.05) is 7.11 Å². The average molecular weight is 257 g/mol. The first-order chi connectivity index (χ1) is 8.60. The van der Waals surface area contributed by atoms with Crippen molar-refractivity contribution < 1.29 is 14.8 Å². The smallest absolute Gasteiger partial charge is 0.117 e. The lowest BCUT2D eigenvalue weighted by Gasteiger charge is -2.42. The summed E-state index contributed by atoms with van der Waals surface area (Å²) in [5.41, 5.74) is 0. The summed E-state index contributed by atoms with van der Waals surface area (Å²) in [6, 6.07) is -0.0131. The highest BCUT2D eigenvalue weighted by Crippen LogP contribution is 2.41. The predicted molar refractivity (Wildman–Crippen MR) is 69.8 cm³/mol. The lowest BCUT2D eigenvalue weighted by Crippen LogP contribution is -3.10. The van der Waals surface area contributed by atoms with Gasteiger partial charge >= 0.3 is 0 Å². The Balaban J connectivity index is 1.84. The molecule has 0 saturated heterocycles. The van der Waals surface area contributed by atoms with Crippen LogP contribution in [0.5, 0.6) is 0 Å². The molecule has 4 heteroatoms. The molecule has 2 fully saturated rings. The van der Waals surface area contributed by atoms with E-state index < -0.39 is 0 Å². The van der Waals surface area contributed by atoms with Crippen LogP contribution in [0.4, 0.5) is 0 Å². The second kappa shape index (κ2) is 6.33. The fraction of sp³-hybridized carbons (Fsp3) is 1.00. The first-order valence-electron chi connectivity index (χ1n) is 7.33. The van der Waals surface area contributed by atoms with E-state index in [1.165, 1.54) is 19.3 Å². The minimum atomic E-state index is -0.0439. The van der Waals surface area contributed by atoms with Gasteiger partial charge in [-0.25, -0.2) is 10.1 Å². The van der Waals surface area contributed by atoms with Gasteiger partial charge in [0.1, 0.15) is 12.1 Å². The number of quaternary nitrogens is 1. The van der Waals surface area contributed by atoms with Crippen LogP contribution in [0.15, 0.2) is 0 Å². The highest BCUT2D eigenvalue weighted by molar-refractivity contribution is 4.86. The lowest BCUT2D eigenvalue weighted by molar-refractivity contribution is -1.07. The molecule has 0 bridgehead atoms. The van der Waals surface area contributed by atoms with Gasteiger partial charge in [0.2, 0.25) is 0 Å². The molecule has 5 unspecified atom stereocenters. The maximum Gasteiger partial charge on any atom is 0.117 e. The zero-order valence-corrected chi connectivity index (χ0v) is 11.9. The Morgan fingerprint density at radius 2 is 1.61 bits per heavy atom. The topological polar surface area (TPSA) is 46.0 Å². The highest BCUT2D eigenvalue weighted by Gasteiger charge is 2.37. The van der Waals surface area contributed by atoms with E-state index in [4.69, 9.17) is 9.57 Å². The number of hydrogen-bond acceptors (Lipinski definition) is 3. The minimum absolute atomic E-state index is 0.0131. The number of rotatable bonds is 4. The van der Waals surface area contributed by atoms with E-state index in [2.05, 4.69) is 0 Å². The Hall–Kier alpha value is -0.160. The van der Waals surface area contributed by atoms with E-state index in [0.717, 1.165) is 25.2 Å². The first-order valence-corrected chi connectivity index (χ1v) is 7.33. The lowest BCUT2D eigenvalue weighted by atomic mass is 9.69. The molecule has 2 rings (SSSR count). The third kappa shape index (κ3) is 3.44. The van der Waals surface area contributed by atoms with Gasteiger partial charge in [-0.15, -0.1) is 0 Å². The van der Waals surface area contributed by atoms with Crippen LogP contribution in [0, 0.1) is 17.0 Å². The van der Waals surface area contributed by atoms with Crippen molar-refractivity contribution in [3.63, 3.8) is 0 Å². The molecule has 0 spiro atoms. The number of fused-ring (bicyclic) bond motifs is 1. The normalized spacial score (nSPS) is 38.5. The molecule has 106 valence electrons. The number of nitrogens with one attached hydrogen (secondary N) is 1. The van der Waals surface area contributed by atoms with Crippen LogP contribution in [-0.4, -0.2) is 25.4 Å². The van der Waals surface area contributed by atoms with Crippen molar-refractivity contribution >= 4 is 0 Å². The highest BCUT2D eigenvalue weighted by atomic mass is 16.9. The van der Waals surface area contributed by atoms with E-state index in [-0.39, 0.29) is 17.4 Å². The molecular weight excluding hydrogens is 230 g/mol. The summed E-state index contributed by atoms with van der Waals surface area (Å²) < 4.78 is 5.49. The van der Waals surface area contributed by atoms with Gasteiger partial charge in [-0.2, -0.15) is 0 Å². The number of hydroxylamine groups is 2. The quantitative estimate of drug-likeness (QED) is 0.780. The summed E-state index contributed by atoms with van der Waals surface area (Å²) in [5.74, 6) is 1.54. The Kier molecular flexibility index (Phi) is 5.01. The van der Waals surface area contributed by atoms with E-state index in [9.17, 15) is 5.21 Å². The van der Waals surface area contributed by atoms with Gasteiger partial charge in [0.25, 0.3) is 0 Å². The van der Waals surface area contributed by atoms with E-state index >= 15 is 0 Å². The molecule has 0 aromatic carbocycles. The second-order valence-corrected chi connectivity index (χ2v) is 6.22. The van der Waals surface area contributed by atoms with Crippen molar-refractivity contribution in [3.8, 4) is 0 Å². The Labute approximate surface area is 110 Å². The third-order valence-corrected chi connectivity index (χ3v) is 4.60. The summed E-state index contributed by atoms with van der Waals surface area (Å²) >= 11 is 0. The summed E-state index contributed by atoms with van der Waals surface area (Å²) in [6.45, 7) is 3.80. The van der Waals surface area contributed by atoms with Crippen LogP contribution >= 0.6 is 0 Å². The predicted octanol–water partition coefficient (Wildman–Crippen LogP) is 1.69. The van der Waals surface area contributed by atoms with Crippen molar-refractivity contribution in [2.75, 3.05) is 7.11 Å². The zero-order chi connectivity index (χ0) is 13.1. The number of ether oxygens (including phenoxy) is 1. The molecule has 0 aromatic rings. The molecule has 2 aliphatic carbocycles. The summed E-state index contributed by atoms with van der Waals surface area (Å²) in [6.07, 6.45) is 7.53. The molecule has 2 aliphatic rings. The molecule has 2 saturated carbocycles. The molecule has 18 heavy (non-hydrogen) atoms. The van der Waals surface area contributed by atoms with Crippen molar-refractivity contribution in [1.82, 2.24) is 0 Å². The van der Waals surface area contributed by atoms with Gasteiger partial charge in [0.05, 0.1) is 6.10 Å². The second-order valence-electron chi connectivity index (χ2n) is 6.22. The molecule has 0 amide bonds. The van der Waals surface area contributed by atoms with Gasteiger partial charge in [-0.3, -0.25) is 0 Å². The SMILES string of the molecule is COC1CCC2CCC(O[NH+]([O-])C(C)C)CC2C1. The summed E-state index contributed by atoms with van der Waals surface area (Å²) in [4.78, 5) is 5.59. The van der Waals surface area contributed by atoms with Gasteiger partial charge in [0.15, 0.2) is 0 Å². The van der Waals surface area contributed by atoms with E-state index in [1.54, 1.807) is 0 Å². The molecule has 0 heterocycles.